The Morgan fingerprint density at radius 3 is 2.03 bits per heavy atom. The fraction of sp³-hybridized carbons (Fsp3) is 0.455. The minimum atomic E-state index is -3.59. The van der Waals surface area contributed by atoms with Crippen molar-refractivity contribution >= 4 is 0 Å². The molecule has 0 aromatic rings. The van der Waals surface area contributed by atoms with Crippen LogP contribution in [0.25, 0.3) is 0 Å². The highest BCUT2D eigenvalue weighted by Crippen LogP contribution is 2.41. The van der Waals surface area contributed by atoms with E-state index in [1.165, 1.54) is 0 Å². The molecule has 1 fully saturated rings. The van der Waals surface area contributed by atoms with Gasteiger partial charge in [-0.2, -0.15) is 13.2 Å². The molecule has 1 rings (SSSR count). The van der Waals surface area contributed by atoms with Gasteiger partial charge in [0.05, 0.1) is 12.5 Å². The summed E-state index contributed by atoms with van der Waals surface area (Å²) in [4.78, 5) is 0. The molecule has 0 saturated heterocycles. The van der Waals surface area contributed by atoms with Crippen molar-refractivity contribution in [2.45, 2.75) is 45.6 Å². The molecule has 1 saturated carbocycles. The Hall–Kier alpha value is -2.31. The maximum absolute atomic E-state index is 14.3. The Bertz CT molecular complexity index is 725. The SMILES string of the molecule is C=C(/C=C(/F)C(=C)OC(F)(F)C1CCC(C)CC1)C(=C)/C(F)=C(/F)C(=C)OCC. The number of rotatable bonds is 10. The number of alkyl halides is 2. The van der Waals surface area contributed by atoms with Crippen LogP contribution < -0.4 is 0 Å². The molecule has 2 nitrogen and oxygen atoms in total. The molecular weight excluding hydrogens is 391 g/mol. The maximum Gasteiger partial charge on any atom is 0.400 e. The maximum atomic E-state index is 14.3. The molecule has 0 aromatic heterocycles. The molecule has 0 N–H and O–H groups in total. The van der Waals surface area contributed by atoms with Gasteiger partial charge in [0.15, 0.2) is 23.2 Å². The van der Waals surface area contributed by atoms with Gasteiger partial charge in [-0.1, -0.05) is 46.1 Å². The third kappa shape index (κ3) is 6.91. The highest BCUT2D eigenvalue weighted by Gasteiger charge is 2.44. The van der Waals surface area contributed by atoms with Crippen molar-refractivity contribution in [2.75, 3.05) is 6.61 Å². The van der Waals surface area contributed by atoms with Crippen LogP contribution >= 0.6 is 0 Å². The van der Waals surface area contributed by atoms with Gasteiger partial charge in [0.1, 0.15) is 0 Å². The van der Waals surface area contributed by atoms with Crippen molar-refractivity contribution in [1.29, 1.82) is 0 Å². The van der Waals surface area contributed by atoms with Crippen molar-refractivity contribution in [3.63, 3.8) is 0 Å². The zero-order valence-corrected chi connectivity index (χ0v) is 16.8. The van der Waals surface area contributed by atoms with E-state index >= 15 is 0 Å². The molecule has 0 bridgehead atoms. The van der Waals surface area contributed by atoms with Crippen LogP contribution in [0.2, 0.25) is 0 Å². The highest BCUT2D eigenvalue weighted by molar-refractivity contribution is 5.50. The lowest BCUT2D eigenvalue weighted by molar-refractivity contribution is -0.255. The van der Waals surface area contributed by atoms with E-state index in [2.05, 4.69) is 31.1 Å². The Kier molecular flexibility index (Phi) is 8.92. The molecule has 1 aliphatic rings. The first kappa shape index (κ1) is 24.7. The van der Waals surface area contributed by atoms with Crippen LogP contribution in [0.3, 0.4) is 0 Å². The average molecular weight is 418 g/mol. The van der Waals surface area contributed by atoms with Gasteiger partial charge in [0.25, 0.3) is 0 Å². The van der Waals surface area contributed by atoms with Crippen LogP contribution in [0.1, 0.15) is 39.5 Å². The topological polar surface area (TPSA) is 18.5 Å². The summed E-state index contributed by atoms with van der Waals surface area (Å²) in [5.41, 5.74) is -0.988. The van der Waals surface area contributed by atoms with Gasteiger partial charge in [-0.05, 0) is 37.3 Å². The molecule has 0 spiro atoms. The van der Waals surface area contributed by atoms with E-state index in [0.29, 0.717) is 24.8 Å². The summed E-state index contributed by atoms with van der Waals surface area (Å²) >= 11 is 0. The minimum Gasteiger partial charge on any atom is -0.491 e. The van der Waals surface area contributed by atoms with E-state index < -0.39 is 46.6 Å². The predicted octanol–water partition coefficient (Wildman–Crippen LogP) is 7.60. The zero-order chi connectivity index (χ0) is 22.4. The van der Waals surface area contributed by atoms with Gasteiger partial charge in [-0.15, -0.1) is 0 Å². The summed E-state index contributed by atoms with van der Waals surface area (Å²) in [6.07, 6.45) is -1.21. The number of hydrogen-bond acceptors (Lipinski definition) is 2. The summed E-state index contributed by atoms with van der Waals surface area (Å²) < 4.78 is 80.0. The number of allylic oxidation sites excluding steroid dienone is 6. The zero-order valence-electron chi connectivity index (χ0n) is 16.8. The quantitative estimate of drug-likeness (QED) is 0.207. The summed E-state index contributed by atoms with van der Waals surface area (Å²) in [6.45, 7) is 16.6. The van der Waals surface area contributed by atoms with Gasteiger partial charge in [-0.3, -0.25) is 0 Å². The number of halogens is 5. The normalized spacial score (nSPS) is 21.1. The Morgan fingerprint density at radius 1 is 0.966 bits per heavy atom. The van der Waals surface area contributed by atoms with Gasteiger partial charge in [0, 0.05) is 5.57 Å². The second-order valence-corrected chi connectivity index (χ2v) is 7.02. The lowest BCUT2D eigenvalue weighted by atomic mass is 9.82. The molecule has 0 unspecified atom stereocenters. The summed E-state index contributed by atoms with van der Waals surface area (Å²) in [6, 6.07) is 0. The van der Waals surface area contributed by atoms with E-state index in [-0.39, 0.29) is 25.0 Å². The van der Waals surface area contributed by atoms with Crippen LogP contribution in [-0.4, -0.2) is 12.7 Å². The summed E-state index contributed by atoms with van der Waals surface area (Å²) in [5.74, 6) is -6.33. The average Bonchev–Trinajstić information content (AvgIpc) is 2.66. The third-order valence-electron chi connectivity index (χ3n) is 4.73. The first-order chi connectivity index (χ1) is 13.4. The molecule has 0 aliphatic heterocycles. The molecule has 162 valence electrons. The third-order valence-corrected chi connectivity index (χ3v) is 4.73. The van der Waals surface area contributed by atoms with Gasteiger partial charge >= 0.3 is 6.11 Å². The molecular formula is C22H27F5O2. The molecule has 0 heterocycles. The van der Waals surface area contributed by atoms with Crippen LogP contribution in [0.4, 0.5) is 22.0 Å². The smallest absolute Gasteiger partial charge is 0.400 e. The first-order valence-electron chi connectivity index (χ1n) is 9.29. The van der Waals surface area contributed by atoms with E-state index in [1.807, 2.05) is 6.92 Å². The standard InChI is InChI=1S/C22H27F5O2/c1-7-28-17(6)21(25)20(24)15(4)14(3)12-19(23)16(5)29-22(26,27)18-10-8-13(2)9-11-18/h12-13,18H,3-11H2,1-2H3/b19-12+,21-20-. The largest absolute Gasteiger partial charge is 0.491 e. The number of hydrogen-bond donors (Lipinski definition) is 0. The van der Waals surface area contributed by atoms with Gasteiger partial charge in [0.2, 0.25) is 5.83 Å². The molecule has 0 amide bonds. The second kappa shape index (κ2) is 10.5. The molecule has 29 heavy (non-hydrogen) atoms. The monoisotopic (exact) mass is 418 g/mol. The van der Waals surface area contributed by atoms with Crippen molar-refractivity contribution in [3.8, 4) is 0 Å². The molecule has 1 aliphatic carbocycles. The van der Waals surface area contributed by atoms with Gasteiger partial charge < -0.3 is 9.47 Å². The van der Waals surface area contributed by atoms with Crippen molar-refractivity contribution in [2.24, 2.45) is 11.8 Å². The predicted molar refractivity (Wildman–Crippen MR) is 104 cm³/mol. The first-order valence-corrected chi connectivity index (χ1v) is 9.29. The van der Waals surface area contributed by atoms with Crippen LogP contribution in [-0.2, 0) is 9.47 Å². The molecule has 0 atom stereocenters. The molecule has 0 radical (unpaired) electrons. The molecule has 0 aromatic carbocycles. The van der Waals surface area contributed by atoms with E-state index in [4.69, 9.17) is 4.74 Å². The minimum absolute atomic E-state index is 0.0623. The fourth-order valence-electron chi connectivity index (χ4n) is 2.85. The fourth-order valence-corrected chi connectivity index (χ4v) is 2.85. The van der Waals surface area contributed by atoms with E-state index in [0.717, 1.165) is 0 Å². The van der Waals surface area contributed by atoms with Gasteiger partial charge in [-0.25, -0.2) is 8.78 Å². The van der Waals surface area contributed by atoms with E-state index in [1.54, 1.807) is 6.92 Å². The van der Waals surface area contributed by atoms with Crippen LogP contribution in [0.5, 0.6) is 0 Å². The lowest BCUT2D eigenvalue weighted by Crippen LogP contribution is -2.34. The second-order valence-electron chi connectivity index (χ2n) is 7.02. The Balaban J connectivity index is 2.83. The van der Waals surface area contributed by atoms with E-state index in [9.17, 15) is 22.0 Å². The van der Waals surface area contributed by atoms with Crippen LogP contribution in [0.15, 0.2) is 72.5 Å². The molecule has 7 heteroatoms. The van der Waals surface area contributed by atoms with Crippen molar-refractivity contribution in [1.82, 2.24) is 0 Å². The summed E-state index contributed by atoms with van der Waals surface area (Å²) in [7, 11) is 0. The van der Waals surface area contributed by atoms with Crippen LogP contribution in [0, 0.1) is 11.8 Å². The summed E-state index contributed by atoms with van der Waals surface area (Å²) in [5, 5.41) is 0. The van der Waals surface area contributed by atoms with Crippen molar-refractivity contribution in [3.05, 3.63) is 72.5 Å². The Morgan fingerprint density at radius 2 is 1.52 bits per heavy atom. The number of ether oxygens (including phenoxy) is 2. The lowest BCUT2D eigenvalue weighted by Gasteiger charge is -2.32. The van der Waals surface area contributed by atoms with Crippen molar-refractivity contribution < 1.29 is 31.4 Å². The highest BCUT2D eigenvalue weighted by atomic mass is 19.3. The Labute approximate surface area is 168 Å².